The van der Waals surface area contributed by atoms with E-state index in [9.17, 15) is 0 Å². The van der Waals surface area contributed by atoms with Crippen LogP contribution in [0.3, 0.4) is 0 Å². The molecule has 0 saturated carbocycles. The molecule has 1 heteroatoms. The minimum Gasteiger partial charge on any atom is -0.0889 e. The van der Waals surface area contributed by atoms with Gasteiger partial charge in [-0.05, 0) is 65.1 Å². The summed E-state index contributed by atoms with van der Waals surface area (Å²) in [4.78, 5) is 0. The highest BCUT2D eigenvalue weighted by Crippen LogP contribution is 2.23. The van der Waals surface area contributed by atoms with E-state index in [2.05, 4.69) is 115 Å². The Morgan fingerprint density at radius 3 is 1.97 bits per heavy atom. The van der Waals surface area contributed by atoms with Crippen molar-refractivity contribution in [1.82, 2.24) is 0 Å². The average molecular weight is 478 g/mol. The first-order valence-corrected chi connectivity index (χ1v) is 13.4. The Morgan fingerprint density at radius 1 is 0.514 bits per heavy atom. The van der Waals surface area contributed by atoms with Gasteiger partial charge in [0.15, 0.2) is 0 Å². The van der Waals surface area contributed by atoms with Crippen molar-refractivity contribution in [3.05, 3.63) is 156 Å². The van der Waals surface area contributed by atoms with Gasteiger partial charge in [0.2, 0.25) is 0 Å². The molecule has 4 rings (SSSR count). The van der Waals surface area contributed by atoms with Gasteiger partial charge in [0.25, 0.3) is 0 Å². The number of rotatable bonds is 9. The minimum absolute atomic E-state index is 0.792. The zero-order valence-corrected chi connectivity index (χ0v) is 21.6. The fourth-order valence-electron chi connectivity index (χ4n) is 4.54. The molecule has 0 fully saturated rings. The Labute approximate surface area is 224 Å². The molecule has 1 aliphatic rings. The zero-order chi connectivity index (χ0) is 25.5. The first kappa shape index (κ1) is 26.2. The van der Waals surface area contributed by atoms with Gasteiger partial charge in [-0.2, -0.15) is 0 Å². The molecule has 0 amide bonds. The molecule has 0 N–H and O–H groups in total. The highest BCUT2D eigenvalue weighted by atomic mass is 14.1. The molecule has 0 bridgehead atoms. The van der Waals surface area contributed by atoms with Crippen LogP contribution in [0.15, 0.2) is 145 Å². The lowest BCUT2D eigenvalue weighted by Crippen LogP contribution is -2.06. The second-order valence-corrected chi connectivity index (χ2v) is 9.42. The Kier molecular flexibility index (Phi) is 10.4. The van der Waals surface area contributed by atoms with Gasteiger partial charge >= 0.3 is 0 Å². The predicted octanol–water partition coefficient (Wildman–Crippen LogP) is 8.89. The van der Waals surface area contributed by atoms with Gasteiger partial charge in [-0.15, -0.1) is 0 Å². The highest BCUT2D eigenvalue weighted by Gasteiger charge is 2.05. The van der Waals surface area contributed by atoms with Crippen molar-refractivity contribution in [2.45, 2.75) is 38.5 Å². The largest absolute Gasteiger partial charge is 0.114 e. The van der Waals surface area contributed by atoms with Crippen molar-refractivity contribution in [3.63, 3.8) is 0 Å². The summed E-state index contributed by atoms with van der Waals surface area (Å²) >= 11 is 0. The van der Waals surface area contributed by atoms with Crippen LogP contribution in [-0.4, -0.2) is 7.85 Å². The lowest BCUT2D eigenvalue weighted by atomic mass is 9.85. The molecular weight excluding hydrogens is 443 g/mol. The van der Waals surface area contributed by atoms with Crippen LogP contribution in [0.1, 0.15) is 43.2 Å². The third-order valence-electron chi connectivity index (χ3n) is 6.61. The van der Waals surface area contributed by atoms with Crippen molar-refractivity contribution >= 4 is 18.9 Å². The van der Waals surface area contributed by atoms with E-state index in [1.54, 1.807) is 0 Å². The van der Waals surface area contributed by atoms with Gasteiger partial charge in [-0.25, -0.2) is 0 Å². The van der Waals surface area contributed by atoms with Crippen LogP contribution in [0.5, 0.6) is 0 Å². The molecule has 0 atom stereocenters. The van der Waals surface area contributed by atoms with Gasteiger partial charge in [-0.1, -0.05) is 152 Å². The molecule has 37 heavy (non-hydrogen) atoms. The van der Waals surface area contributed by atoms with Crippen molar-refractivity contribution < 1.29 is 0 Å². The van der Waals surface area contributed by atoms with Gasteiger partial charge < -0.3 is 0 Å². The maximum absolute atomic E-state index is 6.32. The topological polar surface area (TPSA) is 0 Å². The second-order valence-electron chi connectivity index (χ2n) is 9.42. The van der Waals surface area contributed by atoms with E-state index < -0.39 is 0 Å². The van der Waals surface area contributed by atoms with Crippen LogP contribution in [0.25, 0.3) is 16.7 Å². The van der Waals surface area contributed by atoms with E-state index in [0.29, 0.717) is 0 Å². The number of benzene rings is 3. The molecule has 0 spiro atoms. The van der Waals surface area contributed by atoms with Gasteiger partial charge in [0.1, 0.15) is 7.85 Å². The fraction of sp³-hybridized carbons (Fsp3) is 0.167. The Bertz CT molecular complexity index is 1300. The summed E-state index contributed by atoms with van der Waals surface area (Å²) in [5, 5.41) is 0. The molecule has 0 heterocycles. The maximum Gasteiger partial charge on any atom is 0.114 e. The third kappa shape index (κ3) is 8.65. The number of aryl methyl sites for hydroxylation is 1. The summed E-state index contributed by atoms with van der Waals surface area (Å²) in [6.07, 6.45) is 28.8. The lowest BCUT2D eigenvalue weighted by Gasteiger charge is -2.10. The Morgan fingerprint density at radius 2 is 1.19 bits per heavy atom. The molecule has 0 unspecified atom stereocenters. The first-order chi connectivity index (χ1) is 18.3. The third-order valence-corrected chi connectivity index (χ3v) is 6.61. The average Bonchev–Trinajstić information content (AvgIpc) is 2.93. The van der Waals surface area contributed by atoms with E-state index in [1.807, 2.05) is 24.3 Å². The number of hydrogen-bond donors (Lipinski definition) is 0. The summed E-state index contributed by atoms with van der Waals surface area (Å²) in [6, 6.07) is 27.4. The van der Waals surface area contributed by atoms with E-state index >= 15 is 0 Å². The summed E-state index contributed by atoms with van der Waals surface area (Å²) in [6.45, 7) is 0. The molecule has 1 aliphatic carbocycles. The van der Waals surface area contributed by atoms with E-state index in [0.717, 1.165) is 34.1 Å². The van der Waals surface area contributed by atoms with Crippen LogP contribution in [0.2, 0.25) is 0 Å². The number of unbranched alkanes of at least 4 members (excludes halogenated alkanes) is 3. The summed E-state index contributed by atoms with van der Waals surface area (Å²) in [5.74, 6) is 0. The zero-order valence-electron chi connectivity index (χ0n) is 21.6. The van der Waals surface area contributed by atoms with Gasteiger partial charge in [0.05, 0.1) is 0 Å². The van der Waals surface area contributed by atoms with Crippen LogP contribution in [0.4, 0.5) is 0 Å². The molecule has 0 nitrogen and oxygen atoms in total. The molecule has 0 aromatic heterocycles. The van der Waals surface area contributed by atoms with E-state index in [1.165, 1.54) is 43.2 Å². The van der Waals surface area contributed by atoms with Crippen molar-refractivity contribution in [3.8, 4) is 11.1 Å². The van der Waals surface area contributed by atoms with Gasteiger partial charge in [0, 0.05) is 0 Å². The molecule has 2 radical (unpaired) electrons. The molecule has 3 aromatic rings. The quantitative estimate of drug-likeness (QED) is 0.213. The minimum atomic E-state index is 0.792. The van der Waals surface area contributed by atoms with E-state index in [-0.39, 0.29) is 0 Å². The lowest BCUT2D eigenvalue weighted by molar-refractivity contribution is 0.641. The standard InChI is InChI=1S/C36H35B/c37-36-28-27-34(29-35(36)33-25-13-6-14-26-33)32-23-12-4-3-9-19-31(22-15-16-24-32)18-8-2-1-7-17-30-20-10-5-11-21-30/h3-6,9-16,19-29H,1-2,7-8,17-18H2/b4-3+,9-3?,12-4?,16-15-,19-9+,22-15?,23-12?,24-16?,31-19?,31-22-,32-23?,32-24?. The highest BCUT2D eigenvalue weighted by molar-refractivity contribution is 6.36. The van der Waals surface area contributed by atoms with Crippen LogP contribution < -0.4 is 5.46 Å². The SMILES string of the molecule is [B]c1ccc(C2=C\C=C/C=C(CCCCCCc3ccccc3)\C=C\C=C\C=C2)cc1-c1ccccc1. The fourth-order valence-corrected chi connectivity index (χ4v) is 4.54. The maximum atomic E-state index is 6.32. The molecule has 182 valence electrons. The van der Waals surface area contributed by atoms with Crippen LogP contribution in [-0.2, 0) is 6.42 Å². The number of allylic oxidation sites excluding steroid dienone is 12. The smallest absolute Gasteiger partial charge is 0.0889 e. The Hall–Kier alpha value is -3.84. The molecule has 3 aromatic carbocycles. The summed E-state index contributed by atoms with van der Waals surface area (Å²) in [5.41, 5.74) is 8.09. The summed E-state index contributed by atoms with van der Waals surface area (Å²) in [7, 11) is 6.32. The first-order valence-electron chi connectivity index (χ1n) is 13.4. The van der Waals surface area contributed by atoms with Crippen LogP contribution in [0, 0.1) is 0 Å². The number of hydrogen-bond acceptors (Lipinski definition) is 0. The van der Waals surface area contributed by atoms with E-state index in [4.69, 9.17) is 7.85 Å². The monoisotopic (exact) mass is 478 g/mol. The van der Waals surface area contributed by atoms with Crippen molar-refractivity contribution in [1.29, 1.82) is 0 Å². The normalized spacial score (nSPS) is 17.5. The Balaban J connectivity index is 1.39. The summed E-state index contributed by atoms with van der Waals surface area (Å²) < 4.78 is 0. The molecule has 0 aliphatic heterocycles. The molecule has 0 saturated heterocycles. The predicted molar refractivity (Wildman–Crippen MR) is 163 cm³/mol. The van der Waals surface area contributed by atoms with Gasteiger partial charge in [-0.3, -0.25) is 0 Å². The van der Waals surface area contributed by atoms with Crippen molar-refractivity contribution in [2.75, 3.05) is 0 Å². The second kappa shape index (κ2) is 14.7. The van der Waals surface area contributed by atoms with Crippen LogP contribution >= 0.6 is 0 Å². The molecular formula is C36H35B. The van der Waals surface area contributed by atoms with Crippen molar-refractivity contribution in [2.24, 2.45) is 0 Å².